The molecule has 1 heteroatoms. The van der Waals surface area contributed by atoms with E-state index in [9.17, 15) is 0 Å². The van der Waals surface area contributed by atoms with Gasteiger partial charge in [-0.3, -0.25) is 0 Å². The van der Waals surface area contributed by atoms with Gasteiger partial charge in [-0.25, -0.2) is 0 Å². The lowest BCUT2D eigenvalue weighted by atomic mass is 9.89. The maximum absolute atomic E-state index is 3.86. The fraction of sp³-hybridized carbons (Fsp3) is 1.00. The average molecular weight is 251 g/mol. The third-order valence-electron chi connectivity index (χ3n) is 5.12. The molecular formula is C17H33N. The quantitative estimate of drug-likeness (QED) is 0.671. The molecule has 0 aliphatic heterocycles. The molecule has 0 amide bonds. The summed E-state index contributed by atoms with van der Waals surface area (Å²) in [5.41, 5.74) is 0. The number of rotatable bonds is 8. The van der Waals surface area contributed by atoms with Crippen LogP contribution in [0.5, 0.6) is 0 Å². The van der Waals surface area contributed by atoms with Crippen LogP contribution in [0.3, 0.4) is 0 Å². The smallest absolute Gasteiger partial charge is 0.0103 e. The zero-order valence-electron chi connectivity index (χ0n) is 12.9. The van der Waals surface area contributed by atoms with E-state index in [1.165, 1.54) is 45.1 Å². The van der Waals surface area contributed by atoms with Crippen molar-refractivity contribution in [3.8, 4) is 0 Å². The molecule has 0 aromatic heterocycles. The second-order valence-corrected chi connectivity index (χ2v) is 7.37. The highest BCUT2D eigenvalue weighted by molar-refractivity contribution is 5.06. The normalized spacial score (nSPS) is 33.5. The Balaban J connectivity index is 1.81. The maximum Gasteiger partial charge on any atom is 0.0103 e. The molecule has 0 radical (unpaired) electrons. The van der Waals surface area contributed by atoms with Crippen LogP contribution in [-0.2, 0) is 0 Å². The van der Waals surface area contributed by atoms with Gasteiger partial charge in [0.1, 0.15) is 0 Å². The summed E-state index contributed by atoms with van der Waals surface area (Å²) in [5, 5.41) is 3.86. The average Bonchev–Trinajstić information content (AvgIpc) is 2.77. The first-order valence-corrected chi connectivity index (χ1v) is 8.36. The van der Waals surface area contributed by atoms with E-state index < -0.39 is 0 Å². The first kappa shape index (κ1) is 14.4. The van der Waals surface area contributed by atoms with Crippen molar-refractivity contribution in [1.82, 2.24) is 5.32 Å². The van der Waals surface area contributed by atoms with Crippen LogP contribution < -0.4 is 5.32 Å². The van der Waals surface area contributed by atoms with Crippen molar-refractivity contribution in [2.45, 2.75) is 72.3 Å². The van der Waals surface area contributed by atoms with Crippen LogP contribution in [0.2, 0.25) is 0 Å². The predicted octanol–water partition coefficient (Wildman–Crippen LogP) is 4.47. The zero-order chi connectivity index (χ0) is 13.1. The minimum Gasteiger partial charge on any atom is -0.314 e. The fourth-order valence-electron chi connectivity index (χ4n) is 4.51. The van der Waals surface area contributed by atoms with E-state index in [1.807, 2.05) is 0 Å². The van der Waals surface area contributed by atoms with E-state index in [0.29, 0.717) is 0 Å². The van der Waals surface area contributed by atoms with Crippen LogP contribution in [0.25, 0.3) is 0 Å². The molecule has 18 heavy (non-hydrogen) atoms. The van der Waals surface area contributed by atoms with E-state index in [0.717, 1.165) is 35.6 Å². The molecule has 2 saturated carbocycles. The van der Waals surface area contributed by atoms with Crippen LogP contribution >= 0.6 is 0 Å². The summed E-state index contributed by atoms with van der Waals surface area (Å²) in [6.45, 7) is 10.7. The van der Waals surface area contributed by atoms with E-state index in [2.05, 4.69) is 33.0 Å². The van der Waals surface area contributed by atoms with E-state index in [1.54, 1.807) is 0 Å². The molecule has 106 valence electrons. The summed E-state index contributed by atoms with van der Waals surface area (Å²) in [4.78, 5) is 0. The molecule has 2 rings (SSSR count). The third kappa shape index (κ3) is 3.50. The largest absolute Gasteiger partial charge is 0.314 e. The molecule has 0 aromatic carbocycles. The molecule has 2 fully saturated rings. The monoisotopic (exact) mass is 251 g/mol. The maximum atomic E-state index is 3.86. The van der Waals surface area contributed by atoms with Crippen LogP contribution in [0.1, 0.15) is 66.2 Å². The van der Waals surface area contributed by atoms with Crippen LogP contribution in [0, 0.1) is 29.6 Å². The fourth-order valence-corrected chi connectivity index (χ4v) is 4.51. The van der Waals surface area contributed by atoms with Crippen molar-refractivity contribution in [1.29, 1.82) is 0 Å². The Bertz CT molecular complexity index is 238. The lowest BCUT2D eigenvalue weighted by Gasteiger charge is -2.25. The minimum atomic E-state index is 0.828. The van der Waals surface area contributed by atoms with E-state index in [4.69, 9.17) is 0 Å². The van der Waals surface area contributed by atoms with Crippen molar-refractivity contribution in [2.24, 2.45) is 29.6 Å². The van der Waals surface area contributed by atoms with Crippen LogP contribution in [0.4, 0.5) is 0 Å². The Morgan fingerprint density at radius 3 is 2.28 bits per heavy atom. The minimum absolute atomic E-state index is 0.828. The van der Waals surface area contributed by atoms with Gasteiger partial charge in [-0.15, -0.1) is 0 Å². The van der Waals surface area contributed by atoms with Crippen LogP contribution in [0.15, 0.2) is 0 Å². The second-order valence-electron chi connectivity index (χ2n) is 7.37. The van der Waals surface area contributed by atoms with Gasteiger partial charge in [-0.05, 0) is 68.2 Å². The van der Waals surface area contributed by atoms with Gasteiger partial charge in [0.15, 0.2) is 0 Å². The molecule has 0 heterocycles. The molecule has 4 atom stereocenters. The van der Waals surface area contributed by atoms with Crippen molar-refractivity contribution in [2.75, 3.05) is 6.54 Å². The highest BCUT2D eigenvalue weighted by atomic mass is 14.9. The third-order valence-corrected chi connectivity index (χ3v) is 5.12. The second kappa shape index (κ2) is 6.41. The molecular weight excluding hydrogens is 218 g/mol. The molecule has 0 saturated heterocycles. The summed E-state index contributed by atoms with van der Waals surface area (Å²) >= 11 is 0. The molecule has 1 nitrogen and oxygen atoms in total. The van der Waals surface area contributed by atoms with Crippen molar-refractivity contribution >= 4 is 0 Å². The van der Waals surface area contributed by atoms with Gasteiger partial charge in [0.2, 0.25) is 0 Å². The van der Waals surface area contributed by atoms with Crippen molar-refractivity contribution in [3.63, 3.8) is 0 Å². The number of fused-ring (bicyclic) bond motifs is 1. The van der Waals surface area contributed by atoms with Crippen molar-refractivity contribution in [3.05, 3.63) is 0 Å². The summed E-state index contributed by atoms with van der Waals surface area (Å²) in [6, 6.07) is 0.828. The molecule has 4 unspecified atom stereocenters. The Labute approximate surface area is 114 Å². The van der Waals surface area contributed by atoms with Crippen molar-refractivity contribution < 1.29 is 0 Å². The Morgan fingerprint density at radius 1 is 1.06 bits per heavy atom. The Hall–Kier alpha value is -0.0400. The Kier molecular flexibility index (Phi) is 5.12. The number of nitrogens with one attached hydrogen (secondary N) is 1. The van der Waals surface area contributed by atoms with E-state index in [-0.39, 0.29) is 0 Å². The Morgan fingerprint density at radius 2 is 1.72 bits per heavy atom. The van der Waals surface area contributed by atoms with Gasteiger partial charge < -0.3 is 5.32 Å². The highest BCUT2D eigenvalue weighted by Gasteiger charge is 2.55. The molecule has 0 spiro atoms. The molecule has 0 aromatic rings. The first-order chi connectivity index (χ1) is 8.63. The SMILES string of the molecule is CCCNC(CC(C)CC(C)C)C1C2CCCC21. The summed E-state index contributed by atoms with van der Waals surface area (Å²) in [6.07, 6.45) is 8.64. The summed E-state index contributed by atoms with van der Waals surface area (Å²) in [5.74, 6) is 4.99. The standard InChI is InChI=1S/C17H33N/c1-5-9-18-16(11-13(4)10-12(2)3)17-14-7-6-8-15(14)17/h12-18H,5-11H2,1-4H3. The number of hydrogen-bond acceptors (Lipinski definition) is 1. The van der Waals surface area contributed by atoms with Gasteiger partial charge >= 0.3 is 0 Å². The topological polar surface area (TPSA) is 12.0 Å². The van der Waals surface area contributed by atoms with Gasteiger partial charge in [0, 0.05) is 6.04 Å². The van der Waals surface area contributed by atoms with Gasteiger partial charge in [-0.2, -0.15) is 0 Å². The molecule has 2 aliphatic rings. The highest BCUT2D eigenvalue weighted by Crippen LogP contribution is 2.59. The molecule has 2 aliphatic carbocycles. The first-order valence-electron chi connectivity index (χ1n) is 8.36. The van der Waals surface area contributed by atoms with Gasteiger partial charge in [0.05, 0.1) is 0 Å². The molecule has 0 bridgehead atoms. The summed E-state index contributed by atoms with van der Waals surface area (Å²) < 4.78 is 0. The predicted molar refractivity (Wildman–Crippen MR) is 79.6 cm³/mol. The van der Waals surface area contributed by atoms with Gasteiger partial charge in [0.25, 0.3) is 0 Å². The van der Waals surface area contributed by atoms with E-state index >= 15 is 0 Å². The molecule has 1 N–H and O–H groups in total. The number of hydrogen-bond donors (Lipinski definition) is 1. The zero-order valence-corrected chi connectivity index (χ0v) is 12.9. The summed E-state index contributed by atoms with van der Waals surface area (Å²) in [7, 11) is 0. The van der Waals surface area contributed by atoms with Gasteiger partial charge in [-0.1, -0.05) is 34.1 Å². The lowest BCUT2D eigenvalue weighted by molar-refractivity contribution is 0.310. The van der Waals surface area contributed by atoms with Crippen LogP contribution in [-0.4, -0.2) is 12.6 Å². The lowest BCUT2D eigenvalue weighted by Crippen LogP contribution is -2.35.